The topological polar surface area (TPSA) is 42.8 Å². The van der Waals surface area contributed by atoms with Crippen LogP contribution in [0, 0.1) is 0 Å². The maximum absolute atomic E-state index is 12.1. The van der Waals surface area contributed by atoms with Gasteiger partial charge in [0.2, 0.25) is 0 Å². The lowest BCUT2D eigenvalue weighted by molar-refractivity contribution is -0.899. The molecule has 1 aliphatic rings. The van der Waals surface area contributed by atoms with Crippen LogP contribution in [-0.4, -0.2) is 31.9 Å². The van der Waals surface area contributed by atoms with Crippen molar-refractivity contribution in [1.29, 1.82) is 0 Å². The molecule has 4 nitrogen and oxygen atoms in total. The summed E-state index contributed by atoms with van der Waals surface area (Å²) in [5, 5.41) is 2.71. The first-order valence-corrected chi connectivity index (χ1v) is 7.81. The first-order chi connectivity index (χ1) is 10.8. The molecule has 1 unspecified atom stereocenters. The number of carbonyl (C=O) groups excluding carboxylic acids is 1. The van der Waals surface area contributed by atoms with Crippen molar-refractivity contribution in [2.24, 2.45) is 0 Å². The van der Waals surface area contributed by atoms with E-state index in [0.717, 1.165) is 12.8 Å². The monoisotopic (exact) mass is 331 g/mol. The van der Waals surface area contributed by atoms with E-state index in [1.165, 1.54) is 48.4 Å². The number of amides is 1. The zero-order valence-electron chi connectivity index (χ0n) is 13.1. The van der Waals surface area contributed by atoms with E-state index < -0.39 is 6.36 Å². The van der Waals surface area contributed by atoms with Crippen LogP contribution in [0.3, 0.4) is 0 Å². The number of anilines is 1. The standard InChI is InChI=1S/C16H21F3N2O2/c1-21(13-5-3-2-4-6-13)11-15(22)20-12-7-9-14(10-8-12)23-16(17,18)19/h7-10,13H,2-6,11H2,1H3,(H,20,22)/p+1. The smallest absolute Gasteiger partial charge is 0.406 e. The molecule has 0 aromatic heterocycles. The van der Waals surface area contributed by atoms with Gasteiger partial charge in [-0.25, -0.2) is 0 Å². The van der Waals surface area contributed by atoms with Crippen LogP contribution in [0.1, 0.15) is 32.1 Å². The largest absolute Gasteiger partial charge is 0.573 e. The van der Waals surface area contributed by atoms with E-state index in [1.54, 1.807) is 0 Å². The summed E-state index contributed by atoms with van der Waals surface area (Å²) in [6, 6.07) is 5.67. The van der Waals surface area contributed by atoms with Gasteiger partial charge in [0.1, 0.15) is 5.75 Å². The van der Waals surface area contributed by atoms with Crippen LogP contribution in [0.4, 0.5) is 18.9 Å². The van der Waals surface area contributed by atoms with Crippen molar-refractivity contribution in [3.63, 3.8) is 0 Å². The zero-order valence-corrected chi connectivity index (χ0v) is 13.1. The van der Waals surface area contributed by atoms with Crippen molar-refractivity contribution in [1.82, 2.24) is 0 Å². The number of quaternary nitrogens is 1. The number of nitrogens with one attached hydrogen (secondary N) is 2. The molecule has 1 aromatic carbocycles. The van der Waals surface area contributed by atoms with Crippen molar-refractivity contribution < 1.29 is 27.6 Å². The van der Waals surface area contributed by atoms with Crippen molar-refractivity contribution in [3.8, 4) is 5.75 Å². The van der Waals surface area contributed by atoms with Crippen LogP contribution >= 0.6 is 0 Å². The van der Waals surface area contributed by atoms with Crippen LogP contribution in [0.25, 0.3) is 0 Å². The molecule has 1 fully saturated rings. The summed E-state index contributed by atoms with van der Waals surface area (Å²) < 4.78 is 40.0. The van der Waals surface area contributed by atoms with Crippen LogP contribution in [-0.2, 0) is 4.79 Å². The highest BCUT2D eigenvalue weighted by Gasteiger charge is 2.31. The van der Waals surface area contributed by atoms with Crippen LogP contribution in [0.15, 0.2) is 24.3 Å². The Balaban J connectivity index is 1.82. The highest BCUT2D eigenvalue weighted by molar-refractivity contribution is 5.91. The van der Waals surface area contributed by atoms with Crippen LogP contribution < -0.4 is 15.0 Å². The molecular weight excluding hydrogens is 309 g/mol. The Labute approximate surface area is 133 Å². The lowest BCUT2D eigenvalue weighted by atomic mass is 9.94. The average Bonchev–Trinajstić information content (AvgIpc) is 2.48. The summed E-state index contributed by atoms with van der Waals surface area (Å²) in [5.74, 6) is -0.446. The first kappa shape index (κ1) is 17.6. The Morgan fingerprint density at radius 3 is 2.39 bits per heavy atom. The molecule has 2 rings (SSSR count). The fraction of sp³-hybridized carbons (Fsp3) is 0.562. The third-order valence-electron chi connectivity index (χ3n) is 4.11. The number of benzene rings is 1. The van der Waals surface area contributed by atoms with E-state index >= 15 is 0 Å². The molecule has 1 atom stereocenters. The van der Waals surface area contributed by atoms with Crippen molar-refractivity contribution in [3.05, 3.63) is 24.3 Å². The highest BCUT2D eigenvalue weighted by atomic mass is 19.4. The Morgan fingerprint density at radius 1 is 1.22 bits per heavy atom. The number of alkyl halides is 3. The Kier molecular flexibility index (Phi) is 5.87. The van der Waals surface area contributed by atoms with Gasteiger partial charge in [-0.2, -0.15) is 0 Å². The summed E-state index contributed by atoms with van der Waals surface area (Å²) in [6.45, 7) is 0.353. The minimum absolute atomic E-state index is 0.141. The Morgan fingerprint density at radius 2 is 1.83 bits per heavy atom. The maximum atomic E-state index is 12.1. The molecule has 1 aliphatic carbocycles. The molecule has 23 heavy (non-hydrogen) atoms. The summed E-state index contributed by atoms with van der Waals surface area (Å²) >= 11 is 0. The predicted octanol–water partition coefficient (Wildman–Crippen LogP) is 2.37. The van der Waals surface area contributed by atoms with Gasteiger partial charge in [0.15, 0.2) is 6.54 Å². The molecule has 0 saturated heterocycles. The van der Waals surface area contributed by atoms with Gasteiger partial charge in [0.25, 0.3) is 5.91 Å². The van der Waals surface area contributed by atoms with Crippen LogP contribution in [0.5, 0.6) is 5.75 Å². The molecule has 0 spiro atoms. The minimum atomic E-state index is -4.71. The summed E-state index contributed by atoms with van der Waals surface area (Å²) in [5.41, 5.74) is 0.459. The second kappa shape index (κ2) is 7.68. The second-order valence-corrected chi connectivity index (χ2v) is 5.98. The lowest BCUT2D eigenvalue weighted by Gasteiger charge is -2.27. The van der Waals surface area contributed by atoms with Crippen molar-refractivity contribution in [2.45, 2.75) is 44.5 Å². The Hall–Kier alpha value is -1.76. The van der Waals surface area contributed by atoms with Gasteiger partial charge in [-0.15, -0.1) is 13.2 Å². The van der Waals surface area contributed by atoms with Gasteiger partial charge < -0.3 is 15.0 Å². The first-order valence-electron chi connectivity index (χ1n) is 7.81. The van der Waals surface area contributed by atoms with Gasteiger partial charge in [-0.05, 0) is 49.9 Å². The molecular formula is C16H22F3N2O2+. The van der Waals surface area contributed by atoms with E-state index in [1.807, 2.05) is 7.05 Å². The molecule has 0 radical (unpaired) electrons. The maximum Gasteiger partial charge on any atom is 0.573 e. The highest BCUT2D eigenvalue weighted by Crippen LogP contribution is 2.23. The Bertz CT molecular complexity index is 511. The molecule has 128 valence electrons. The second-order valence-electron chi connectivity index (χ2n) is 5.98. The van der Waals surface area contributed by atoms with Crippen molar-refractivity contribution >= 4 is 11.6 Å². The van der Waals surface area contributed by atoms with Gasteiger partial charge >= 0.3 is 6.36 Å². The SMILES string of the molecule is C[NH+](CC(=O)Nc1ccc(OC(F)(F)F)cc1)C1CCCCC1. The zero-order chi connectivity index (χ0) is 16.9. The van der Waals surface area contributed by atoms with E-state index in [0.29, 0.717) is 18.3 Å². The van der Waals surface area contributed by atoms with Gasteiger partial charge in [-0.1, -0.05) is 6.42 Å². The summed E-state index contributed by atoms with van der Waals surface area (Å²) in [6.07, 6.45) is 1.26. The molecule has 1 saturated carbocycles. The minimum Gasteiger partial charge on any atom is -0.406 e. The molecule has 7 heteroatoms. The quantitative estimate of drug-likeness (QED) is 0.870. The molecule has 0 heterocycles. The third kappa shape index (κ3) is 6.09. The number of hydrogen-bond acceptors (Lipinski definition) is 2. The predicted molar refractivity (Wildman–Crippen MR) is 80.4 cm³/mol. The summed E-state index contributed by atoms with van der Waals surface area (Å²) in [4.78, 5) is 13.2. The number of rotatable bonds is 5. The fourth-order valence-electron chi connectivity index (χ4n) is 2.94. The number of likely N-dealkylation sites (N-methyl/N-ethyl adjacent to an activating group) is 1. The van der Waals surface area contributed by atoms with Crippen LogP contribution in [0.2, 0.25) is 0 Å². The molecule has 1 amide bonds. The van der Waals surface area contributed by atoms with Crippen molar-refractivity contribution in [2.75, 3.05) is 18.9 Å². The van der Waals surface area contributed by atoms with E-state index in [2.05, 4.69) is 10.1 Å². The van der Waals surface area contributed by atoms with E-state index in [-0.39, 0.29) is 11.7 Å². The van der Waals surface area contributed by atoms with Gasteiger partial charge in [0.05, 0.1) is 13.1 Å². The molecule has 0 bridgehead atoms. The lowest BCUT2D eigenvalue weighted by Crippen LogP contribution is -3.14. The number of ether oxygens (including phenoxy) is 1. The normalized spacial score (nSPS) is 17.6. The van der Waals surface area contributed by atoms with E-state index in [4.69, 9.17) is 0 Å². The molecule has 1 aromatic rings. The fourth-order valence-corrected chi connectivity index (χ4v) is 2.94. The average molecular weight is 331 g/mol. The number of carbonyl (C=O) groups is 1. The molecule has 0 aliphatic heterocycles. The number of halogens is 3. The third-order valence-corrected chi connectivity index (χ3v) is 4.11. The number of hydrogen-bond donors (Lipinski definition) is 2. The van der Waals surface area contributed by atoms with E-state index in [9.17, 15) is 18.0 Å². The van der Waals surface area contributed by atoms with Gasteiger partial charge in [-0.3, -0.25) is 4.79 Å². The summed E-state index contributed by atoms with van der Waals surface area (Å²) in [7, 11) is 2.01. The van der Waals surface area contributed by atoms with Gasteiger partial charge in [0, 0.05) is 5.69 Å². The molecule has 2 N–H and O–H groups in total.